The van der Waals surface area contributed by atoms with Crippen molar-refractivity contribution in [3.8, 4) is 11.5 Å². The van der Waals surface area contributed by atoms with Crippen molar-refractivity contribution in [2.24, 2.45) is 0 Å². The molecule has 6 heteroatoms. The summed E-state index contributed by atoms with van der Waals surface area (Å²) in [7, 11) is 0. The van der Waals surface area contributed by atoms with Gasteiger partial charge in [0.25, 0.3) is 11.1 Å². The van der Waals surface area contributed by atoms with Gasteiger partial charge in [-0.15, -0.1) is 0 Å². The first-order valence-electron chi connectivity index (χ1n) is 9.59. The van der Waals surface area contributed by atoms with E-state index in [-0.39, 0.29) is 33.8 Å². The lowest BCUT2D eigenvalue weighted by atomic mass is 10.1. The number of phenols is 2. The van der Waals surface area contributed by atoms with E-state index in [9.17, 15) is 19.8 Å². The van der Waals surface area contributed by atoms with Crippen LogP contribution in [0.5, 0.6) is 11.5 Å². The predicted octanol–water partition coefficient (Wildman–Crippen LogP) is 5.50. The van der Waals surface area contributed by atoms with Gasteiger partial charge in [-0.25, -0.2) is 0 Å². The van der Waals surface area contributed by atoms with Crippen LogP contribution < -0.4 is 0 Å². The maximum Gasteiger partial charge on any atom is 0.293 e. The summed E-state index contributed by atoms with van der Waals surface area (Å²) in [5.41, 5.74) is 3.23. The number of nitrogens with zero attached hydrogens (tertiary/aromatic N) is 1. The Morgan fingerprint density at radius 2 is 1.48 bits per heavy atom. The monoisotopic (exact) mass is 429 g/mol. The van der Waals surface area contributed by atoms with Crippen molar-refractivity contribution in [3.63, 3.8) is 0 Å². The SMILES string of the molecule is O=C1S/C(=C\c2cccc(O)c2O)C(=O)N1Cc1ccc(/C=C/c2ccccc2)cc1. The normalized spacial score (nSPS) is 15.4. The maximum absolute atomic E-state index is 12.7. The molecule has 0 radical (unpaired) electrons. The minimum absolute atomic E-state index is 0.163. The van der Waals surface area contributed by atoms with E-state index in [0.29, 0.717) is 0 Å². The van der Waals surface area contributed by atoms with Crippen LogP contribution in [-0.2, 0) is 11.3 Å². The van der Waals surface area contributed by atoms with Crippen molar-refractivity contribution in [1.29, 1.82) is 0 Å². The molecule has 0 saturated carbocycles. The van der Waals surface area contributed by atoms with Gasteiger partial charge in [0.1, 0.15) is 0 Å². The molecule has 0 aliphatic carbocycles. The van der Waals surface area contributed by atoms with Crippen molar-refractivity contribution in [3.05, 3.63) is 100.0 Å². The van der Waals surface area contributed by atoms with Crippen LogP contribution in [0.2, 0.25) is 0 Å². The molecule has 2 N–H and O–H groups in total. The maximum atomic E-state index is 12.7. The topological polar surface area (TPSA) is 77.8 Å². The molecule has 0 bridgehead atoms. The Hall–Kier alpha value is -3.77. The number of imide groups is 1. The zero-order valence-corrected chi connectivity index (χ0v) is 17.3. The summed E-state index contributed by atoms with van der Waals surface area (Å²) in [5, 5.41) is 19.2. The first-order chi connectivity index (χ1) is 15.0. The second-order valence-electron chi connectivity index (χ2n) is 6.97. The molecule has 1 saturated heterocycles. The lowest BCUT2D eigenvalue weighted by Crippen LogP contribution is -2.27. The van der Waals surface area contributed by atoms with Crippen LogP contribution >= 0.6 is 11.8 Å². The number of phenolic OH excluding ortho intramolecular Hbond substituents is 2. The molecule has 4 rings (SSSR count). The van der Waals surface area contributed by atoms with Crippen LogP contribution in [0.3, 0.4) is 0 Å². The molecule has 1 fully saturated rings. The average Bonchev–Trinajstić information content (AvgIpc) is 3.04. The van der Waals surface area contributed by atoms with E-state index in [4.69, 9.17) is 0 Å². The Morgan fingerprint density at radius 1 is 0.806 bits per heavy atom. The van der Waals surface area contributed by atoms with Gasteiger partial charge in [0.15, 0.2) is 11.5 Å². The molecule has 154 valence electrons. The summed E-state index contributed by atoms with van der Waals surface area (Å²) in [6, 6.07) is 22.1. The molecule has 0 aromatic heterocycles. The lowest BCUT2D eigenvalue weighted by molar-refractivity contribution is -0.123. The number of benzene rings is 3. The van der Waals surface area contributed by atoms with Crippen molar-refractivity contribution in [1.82, 2.24) is 4.90 Å². The highest BCUT2D eigenvalue weighted by Crippen LogP contribution is 2.36. The quantitative estimate of drug-likeness (QED) is 0.318. The number of thioether (sulfide) groups is 1. The molecule has 1 aliphatic heterocycles. The van der Waals surface area contributed by atoms with E-state index >= 15 is 0 Å². The molecule has 0 atom stereocenters. The molecule has 0 spiro atoms. The molecular weight excluding hydrogens is 410 g/mol. The Kier molecular flexibility index (Phi) is 5.91. The van der Waals surface area contributed by atoms with Crippen LogP contribution in [0.15, 0.2) is 77.7 Å². The van der Waals surface area contributed by atoms with Gasteiger partial charge < -0.3 is 10.2 Å². The van der Waals surface area contributed by atoms with E-state index in [1.54, 1.807) is 12.1 Å². The number of carbonyl (C=O) groups excluding carboxylic acids is 2. The fourth-order valence-corrected chi connectivity index (χ4v) is 3.95. The van der Waals surface area contributed by atoms with E-state index in [0.717, 1.165) is 28.5 Å². The van der Waals surface area contributed by atoms with Gasteiger partial charge >= 0.3 is 0 Å². The first-order valence-corrected chi connectivity index (χ1v) is 10.4. The van der Waals surface area contributed by atoms with Crippen molar-refractivity contribution in [2.45, 2.75) is 6.54 Å². The number of amides is 2. The summed E-state index contributed by atoms with van der Waals surface area (Å²) in [4.78, 5) is 26.5. The summed E-state index contributed by atoms with van der Waals surface area (Å²) < 4.78 is 0. The van der Waals surface area contributed by atoms with E-state index in [1.807, 2.05) is 66.7 Å². The highest BCUT2D eigenvalue weighted by molar-refractivity contribution is 8.18. The highest BCUT2D eigenvalue weighted by atomic mass is 32.2. The first kappa shape index (κ1) is 20.5. The van der Waals surface area contributed by atoms with Crippen LogP contribution in [0.4, 0.5) is 4.79 Å². The van der Waals surface area contributed by atoms with Gasteiger partial charge in [-0.05, 0) is 40.6 Å². The molecule has 1 aliphatic rings. The zero-order valence-electron chi connectivity index (χ0n) is 16.4. The third-order valence-electron chi connectivity index (χ3n) is 4.79. The van der Waals surface area contributed by atoms with Gasteiger partial charge in [-0.3, -0.25) is 14.5 Å². The fourth-order valence-electron chi connectivity index (χ4n) is 3.12. The second kappa shape index (κ2) is 8.93. The molecule has 3 aromatic rings. The number of carbonyl (C=O) groups is 2. The van der Waals surface area contributed by atoms with Crippen molar-refractivity contribution < 1.29 is 19.8 Å². The van der Waals surface area contributed by atoms with Crippen molar-refractivity contribution >= 4 is 41.1 Å². The molecule has 31 heavy (non-hydrogen) atoms. The second-order valence-corrected chi connectivity index (χ2v) is 7.96. The van der Waals surface area contributed by atoms with Crippen LogP contribution in [0.1, 0.15) is 22.3 Å². The molecule has 3 aromatic carbocycles. The summed E-state index contributed by atoms with van der Waals surface area (Å²) >= 11 is 0.814. The zero-order chi connectivity index (χ0) is 21.8. The Labute approximate surface area is 184 Å². The fraction of sp³-hybridized carbons (Fsp3) is 0.0400. The predicted molar refractivity (Wildman–Crippen MR) is 123 cm³/mol. The minimum atomic E-state index is -0.425. The number of hydrogen-bond donors (Lipinski definition) is 2. The number of aromatic hydroxyl groups is 2. The average molecular weight is 429 g/mol. The Balaban J connectivity index is 1.46. The van der Waals surface area contributed by atoms with Gasteiger partial charge in [0.05, 0.1) is 11.4 Å². The third kappa shape index (κ3) is 4.70. The van der Waals surface area contributed by atoms with E-state index in [2.05, 4.69) is 0 Å². The summed E-state index contributed by atoms with van der Waals surface area (Å²) in [5.74, 6) is -1.03. The van der Waals surface area contributed by atoms with Crippen LogP contribution in [0.25, 0.3) is 18.2 Å². The Bertz CT molecular complexity index is 1180. The third-order valence-corrected chi connectivity index (χ3v) is 5.70. The Morgan fingerprint density at radius 3 is 2.19 bits per heavy atom. The van der Waals surface area contributed by atoms with Gasteiger partial charge in [0.2, 0.25) is 0 Å². The van der Waals surface area contributed by atoms with Gasteiger partial charge in [0, 0.05) is 5.56 Å². The van der Waals surface area contributed by atoms with Crippen LogP contribution in [-0.4, -0.2) is 26.3 Å². The largest absolute Gasteiger partial charge is 0.504 e. The molecular formula is C25H19NO4S. The highest BCUT2D eigenvalue weighted by Gasteiger charge is 2.35. The van der Waals surface area contributed by atoms with Gasteiger partial charge in [-0.1, -0.05) is 78.9 Å². The number of rotatable bonds is 5. The smallest absolute Gasteiger partial charge is 0.293 e. The molecule has 1 heterocycles. The molecule has 5 nitrogen and oxygen atoms in total. The minimum Gasteiger partial charge on any atom is -0.504 e. The van der Waals surface area contributed by atoms with E-state index in [1.165, 1.54) is 17.0 Å². The van der Waals surface area contributed by atoms with E-state index < -0.39 is 5.91 Å². The number of hydrogen-bond acceptors (Lipinski definition) is 5. The lowest BCUT2D eigenvalue weighted by Gasteiger charge is -2.12. The standard InChI is InChI=1S/C25H19NO4S/c27-21-8-4-7-20(23(21)28)15-22-24(29)26(25(30)31-22)16-19-13-11-18(12-14-19)10-9-17-5-2-1-3-6-17/h1-15,27-28H,16H2/b10-9+,22-15-. The van der Waals surface area contributed by atoms with Gasteiger partial charge in [-0.2, -0.15) is 0 Å². The van der Waals surface area contributed by atoms with Crippen molar-refractivity contribution in [2.75, 3.05) is 0 Å². The molecule has 0 unspecified atom stereocenters. The number of para-hydroxylation sites is 1. The van der Waals surface area contributed by atoms with Crippen LogP contribution in [0, 0.1) is 0 Å². The summed E-state index contributed by atoms with van der Waals surface area (Å²) in [6.07, 6.45) is 5.44. The summed E-state index contributed by atoms with van der Waals surface area (Å²) in [6.45, 7) is 0.163. The molecule has 2 amide bonds.